The molecule has 2 atom stereocenters. The number of amides is 1. The number of piperidine rings is 1. The number of ether oxygens (including phenoxy) is 1. The van der Waals surface area contributed by atoms with Crippen LogP contribution in [0.2, 0.25) is 0 Å². The summed E-state index contributed by atoms with van der Waals surface area (Å²) < 4.78 is 36.0. The van der Waals surface area contributed by atoms with Crippen molar-refractivity contribution in [3.05, 3.63) is 24.2 Å². The molecule has 0 spiro atoms. The third-order valence-electron chi connectivity index (χ3n) is 3.98. The number of likely N-dealkylation sites (tertiary alicyclic amines) is 1. The van der Waals surface area contributed by atoms with Crippen molar-refractivity contribution < 1.29 is 22.4 Å². The summed E-state index contributed by atoms with van der Waals surface area (Å²) in [5.74, 6) is 0.0635. The van der Waals surface area contributed by atoms with Crippen LogP contribution in [0.4, 0.5) is 0 Å². The number of morpholine rings is 1. The molecule has 1 amide bonds. The van der Waals surface area contributed by atoms with Crippen molar-refractivity contribution in [2.45, 2.75) is 18.6 Å². The average molecular weight is 314 g/mol. The topological polar surface area (TPSA) is 80.1 Å². The van der Waals surface area contributed by atoms with Crippen LogP contribution in [-0.2, 0) is 14.8 Å². The van der Waals surface area contributed by atoms with Gasteiger partial charge in [0.25, 0.3) is 5.91 Å². The van der Waals surface area contributed by atoms with Gasteiger partial charge in [-0.15, -0.1) is 0 Å². The highest BCUT2D eigenvalue weighted by molar-refractivity contribution is 7.88. The Hall–Kier alpha value is -1.38. The quantitative estimate of drug-likeness (QED) is 0.776. The summed E-state index contributed by atoms with van der Waals surface area (Å²) >= 11 is 0. The lowest BCUT2D eigenvalue weighted by atomic mass is 10.0. The van der Waals surface area contributed by atoms with E-state index in [2.05, 4.69) is 0 Å². The molecule has 2 aliphatic heterocycles. The van der Waals surface area contributed by atoms with E-state index in [0.29, 0.717) is 32.7 Å². The van der Waals surface area contributed by atoms with Gasteiger partial charge in [-0.1, -0.05) is 0 Å². The molecule has 0 bridgehead atoms. The van der Waals surface area contributed by atoms with Crippen LogP contribution < -0.4 is 0 Å². The Bertz CT molecular complexity index is 613. The molecule has 1 aromatic heterocycles. The normalized spacial score (nSPS) is 27.4. The Morgan fingerprint density at radius 3 is 2.86 bits per heavy atom. The van der Waals surface area contributed by atoms with Crippen molar-refractivity contribution in [3.8, 4) is 0 Å². The molecule has 2 fully saturated rings. The van der Waals surface area contributed by atoms with Crippen LogP contribution in [0.5, 0.6) is 0 Å². The second-order valence-corrected chi connectivity index (χ2v) is 7.30. The number of carbonyl (C=O) groups excluding carboxylic acids is 1. The fourth-order valence-corrected chi connectivity index (χ4v) is 4.09. The van der Waals surface area contributed by atoms with E-state index in [0.717, 1.165) is 0 Å². The Kier molecular flexibility index (Phi) is 3.76. The summed E-state index contributed by atoms with van der Waals surface area (Å²) in [5.41, 5.74) is 0. The van der Waals surface area contributed by atoms with E-state index in [4.69, 9.17) is 9.15 Å². The van der Waals surface area contributed by atoms with E-state index in [-0.39, 0.29) is 23.8 Å². The van der Waals surface area contributed by atoms with Gasteiger partial charge < -0.3 is 14.1 Å². The molecule has 3 heterocycles. The molecule has 0 radical (unpaired) electrons. The second kappa shape index (κ2) is 5.43. The van der Waals surface area contributed by atoms with Crippen molar-refractivity contribution in [1.82, 2.24) is 9.21 Å². The molecule has 0 N–H and O–H groups in total. The van der Waals surface area contributed by atoms with Crippen LogP contribution in [0.3, 0.4) is 0 Å². The lowest BCUT2D eigenvalue weighted by molar-refractivity contribution is -0.0707. The Morgan fingerprint density at radius 1 is 1.38 bits per heavy atom. The summed E-state index contributed by atoms with van der Waals surface area (Å²) in [6.45, 7) is 1.61. The first-order chi connectivity index (χ1) is 9.97. The van der Waals surface area contributed by atoms with Crippen molar-refractivity contribution in [3.63, 3.8) is 0 Å². The highest BCUT2D eigenvalue weighted by atomic mass is 32.2. The first-order valence-electron chi connectivity index (χ1n) is 6.88. The maximum atomic E-state index is 12.3. The van der Waals surface area contributed by atoms with E-state index in [1.807, 2.05) is 0 Å². The van der Waals surface area contributed by atoms with E-state index in [1.54, 1.807) is 17.0 Å². The van der Waals surface area contributed by atoms with Crippen LogP contribution in [0, 0.1) is 0 Å². The number of rotatable bonds is 2. The Morgan fingerprint density at radius 2 is 2.19 bits per heavy atom. The molecule has 21 heavy (non-hydrogen) atoms. The number of hydrogen-bond donors (Lipinski definition) is 0. The maximum Gasteiger partial charge on any atom is 0.289 e. The lowest BCUT2D eigenvalue weighted by Gasteiger charge is -2.45. The monoisotopic (exact) mass is 314 g/mol. The minimum absolute atomic E-state index is 0.144. The zero-order chi connectivity index (χ0) is 15.0. The predicted molar refractivity (Wildman–Crippen MR) is 74.3 cm³/mol. The van der Waals surface area contributed by atoms with Gasteiger partial charge in [0.1, 0.15) is 0 Å². The van der Waals surface area contributed by atoms with Crippen LogP contribution >= 0.6 is 0 Å². The summed E-state index contributed by atoms with van der Waals surface area (Å²) in [5, 5.41) is 0. The molecular formula is C13H18N2O5S. The smallest absolute Gasteiger partial charge is 0.289 e. The SMILES string of the molecule is CS(=O)(=O)N1CCO[C@@H]2CCN(C(=O)c3ccco3)C[C@H]21. The highest BCUT2D eigenvalue weighted by Crippen LogP contribution is 2.25. The predicted octanol–water partition coefficient (Wildman–Crippen LogP) is 0.154. The summed E-state index contributed by atoms with van der Waals surface area (Å²) in [7, 11) is -3.31. The van der Waals surface area contributed by atoms with Gasteiger partial charge in [0.2, 0.25) is 10.0 Å². The fraction of sp³-hybridized carbons (Fsp3) is 0.615. The highest BCUT2D eigenvalue weighted by Gasteiger charge is 2.42. The number of fused-ring (bicyclic) bond motifs is 1. The van der Waals surface area contributed by atoms with Crippen molar-refractivity contribution in [2.75, 3.05) is 32.5 Å². The first-order valence-corrected chi connectivity index (χ1v) is 8.73. The van der Waals surface area contributed by atoms with Crippen molar-refractivity contribution >= 4 is 15.9 Å². The van der Waals surface area contributed by atoms with Gasteiger partial charge in [-0.3, -0.25) is 4.79 Å². The van der Waals surface area contributed by atoms with E-state index >= 15 is 0 Å². The van der Waals surface area contributed by atoms with Gasteiger partial charge >= 0.3 is 0 Å². The molecule has 1 aromatic rings. The van der Waals surface area contributed by atoms with Crippen molar-refractivity contribution in [1.29, 1.82) is 0 Å². The maximum absolute atomic E-state index is 12.3. The third kappa shape index (κ3) is 2.83. The molecule has 0 aromatic carbocycles. The van der Waals surface area contributed by atoms with Gasteiger partial charge in [0, 0.05) is 19.6 Å². The lowest BCUT2D eigenvalue weighted by Crippen LogP contribution is -2.61. The van der Waals surface area contributed by atoms with Crippen LogP contribution in [0.15, 0.2) is 22.8 Å². The molecule has 2 aliphatic rings. The van der Waals surface area contributed by atoms with Gasteiger partial charge in [0.15, 0.2) is 5.76 Å². The first kappa shape index (κ1) is 14.6. The van der Waals surface area contributed by atoms with E-state index in [1.165, 1.54) is 16.8 Å². The molecule has 116 valence electrons. The molecule has 0 saturated carbocycles. The number of hydrogen-bond acceptors (Lipinski definition) is 5. The minimum atomic E-state index is -3.31. The van der Waals surface area contributed by atoms with Gasteiger partial charge in [-0.05, 0) is 18.6 Å². The standard InChI is InChI=1S/C13H18N2O5S/c1-21(17,18)15-6-8-20-11-4-5-14(9-10(11)15)13(16)12-3-2-7-19-12/h2-3,7,10-11H,4-6,8-9H2,1H3/t10-,11-/m1/s1. The largest absolute Gasteiger partial charge is 0.459 e. The van der Waals surface area contributed by atoms with Crippen LogP contribution in [0.1, 0.15) is 17.0 Å². The fourth-order valence-electron chi connectivity index (χ4n) is 2.99. The zero-order valence-electron chi connectivity index (χ0n) is 11.8. The summed E-state index contributed by atoms with van der Waals surface area (Å²) in [6.07, 6.45) is 3.13. The van der Waals surface area contributed by atoms with E-state index in [9.17, 15) is 13.2 Å². The van der Waals surface area contributed by atoms with Crippen LogP contribution in [0.25, 0.3) is 0 Å². The Labute approximate surface area is 123 Å². The molecule has 3 rings (SSSR count). The minimum Gasteiger partial charge on any atom is -0.459 e. The second-order valence-electron chi connectivity index (χ2n) is 5.37. The molecule has 7 nitrogen and oxygen atoms in total. The molecule has 0 unspecified atom stereocenters. The number of sulfonamides is 1. The molecule has 8 heteroatoms. The van der Waals surface area contributed by atoms with Crippen LogP contribution in [-0.4, -0.2) is 68.2 Å². The molecular weight excluding hydrogens is 296 g/mol. The van der Waals surface area contributed by atoms with Gasteiger partial charge in [-0.25, -0.2) is 8.42 Å². The zero-order valence-corrected chi connectivity index (χ0v) is 12.6. The van der Waals surface area contributed by atoms with Gasteiger partial charge in [-0.2, -0.15) is 4.31 Å². The average Bonchev–Trinajstić information content (AvgIpc) is 2.98. The number of furan rings is 1. The number of carbonyl (C=O) groups is 1. The molecule has 0 aliphatic carbocycles. The Balaban J connectivity index is 1.79. The summed E-state index contributed by atoms with van der Waals surface area (Å²) in [6, 6.07) is 2.95. The third-order valence-corrected chi connectivity index (χ3v) is 5.28. The molecule has 2 saturated heterocycles. The summed E-state index contributed by atoms with van der Waals surface area (Å²) in [4.78, 5) is 13.9. The van der Waals surface area contributed by atoms with E-state index < -0.39 is 10.0 Å². The number of nitrogens with zero attached hydrogens (tertiary/aromatic N) is 2. The van der Waals surface area contributed by atoms with Gasteiger partial charge in [0.05, 0.1) is 31.3 Å². The van der Waals surface area contributed by atoms with Crippen molar-refractivity contribution in [2.24, 2.45) is 0 Å².